The molecule has 1 amide bonds. The molecule has 2 rings (SSSR count). The van der Waals surface area contributed by atoms with Crippen LogP contribution in [0.2, 0.25) is 0 Å². The predicted octanol–water partition coefficient (Wildman–Crippen LogP) is 1.27. The number of benzene rings is 1. The quantitative estimate of drug-likeness (QED) is 0.842. The molecule has 0 fully saturated rings. The minimum absolute atomic E-state index is 0.126. The van der Waals surface area contributed by atoms with Crippen LogP contribution < -0.4 is 10.1 Å². The van der Waals surface area contributed by atoms with E-state index in [1.807, 2.05) is 12.1 Å². The van der Waals surface area contributed by atoms with Crippen molar-refractivity contribution in [2.75, 3.05) is 6.61 Å². The lowest BCUT2D eigenvalue weighted by Gasteiger charge is -2.17. The highest BCUT2D eigenvalue weighted by molar-refractivity contribution is 5.75. The van der Waals surface area contributed by atoms with E-state index in [0.717, 1.165) is 23.3 Å². The van der Waals surface area contributed by atoms with Gasteiger partial charge in [0.1, 0.15) is 5.75 Å². The van der Waals surface area contributed by atoms with Crippen LogP contribution in [0, 0.1) is 0 Å². The second-order valence-corrected chi connectivity index (χ2v) is 4.32. The average molecular weight is 249 g/mol. The zero-order chi connectivity index (χ0) is 13.1. The smallest absolute Gasteiger partial charge is 0.305 e. The fourth-order valence-corrected chi connectivity index (χ4v) is 2.10. The number of aliphatic carboxylic acids is 1. The highest BCUT2D eigenvalue weighted by Crippen LogP contribution is 2.29. The van der Waals surface area contributed by atoms with E-state index >= 15 is 0 Å². The van der Waals surface area contributed by atoms with Crippen LogP contribution in [0.1, 0.15) is 30.5 Å². The summed E-state index contributed by atoms with van der Waals surface area (Å²) >= 11 is 0. The SMILES string of the molecule is CC(=O)N[C@H](CC(=O)O)c1ccc2c(c1)CCO2. The zero-order valence-corrected chi connectivity index (χ0v) is 10.1. The Hall–Kier alpha value is -2.04. The maximum Gasteiger partial charge on any atom is 0.305 e. The number of amides is 1. The van der Waals surface area contributed by atoms with E-state index in [0.29, 0.717) is 6.61 Å². The van der Waals surface area contributed by atoms with Crippen LogP contribution in [0.3, 0.4) is 0 Å². The largest absolute Gasteiger partial charge is 0.493 e. The summed E-state index contributed by atoms with van der Waals surface area (Å²) < 4.78 is 5.39. The number of nitrogens with one attached hydrogen (secondary N) is 1. The maximum atomic E-state index is 11.1. The maximum absolute atomic E-state index is 11.1. The van der Waals surface area contributed by atoms with Crippen molar-refractivity contribution in [3.63, 3.8) is 0 Å². The molecule has 1 aliphatic heterocycles. The van der Waals surface area contributed by atoms with Crippen molar-refractivity contribution in [1.82, 2.24) is 5.32 Å². The topological polar surface area (TPSA) is 75.6 Å². The lowest BCUT2D eigenvalue weighted by atomic mass is 10.00. The van der Waals surface area contributed by atoms with Crippen molar-refractivity contribution >= 4 is 11.9 Å². The number of rotatable bonds is 4. The third-order valence-corrected chi connectivity index (χ3v) is 2.87. The average Bonchev–Trinajstić information content (AvgIpc) is 2.73. The van der Waals surface area contributed by atoms with E-state index in [4.69, 9.17) is 9.84 Å². The molecule has 18 heavy (non-hydrogen) atoms. The van der Waals surface area contributed by atoms with Crippen LogP contribution in [0.15, 0.2) is 18.2 Å². The summed E-state index contributed by atoms with van der Waals surface area (Å²) in [6.07, 6.45) is 0.697. The summed E-state index contributed by atoms with van der Waals surface area (Å²) in [6, 6.07) is 5.04. The predicted molar refractivity (Wildman–Crippen MR) is 64.5 cm³/mol. The lowest BCUT2D eigenvalue weighted by molar-refractivity contribution is -0.137. The number of carbonyl (C=O) groups excluding carboxylic acids is 1. The Morgan fingerprint density at radius 3 is 2.94 bits per heavy atom. The molecule has 0 aliphatic carbocycles. The molecule has 0 unspecified atom stereocenters. The van der Waals surface area contributed by atoms with Gasteiger partial charge in [-0.2, -0.15) is 0 Å². The second kappa shape index (κ2) is 5.08. The minimum atomic E-state index is -0.939. The molecule has 1 aromatic rings. The second-order valence-electron chi connectivity index (χ2n) is 4.32. The summed E-state index contributed by atoms with van der Waals surface area (Å²) in [5, 5.41) is 11.5. The molecule has 0 saturated heterocycles. The van der Waals surface area contributed by atoms with Gasteiger partial charge in [-0.1, -0.05) is 6.07 Å². The summed E-state index contributed by atoms with van der Waals surface area (Å²) in [5.74, 6) is -0.334. The number of ether oxygens (including phenoxy) is 1. The van der Waals surface area contributed by atoms with Gasteiger partial charge in [0.2, 0.25) is 5.91 Å². The van der Waals surface area contributed by atoms with Crippen LogP contribution in [0.25, 0.3) is 0 Å². The molecular formula is C13H15NO4. The first-order valence-electron chi connectivity index (χ1n) is 5.81. The highest BCUT2D eigenvalue weighted by Gasteiger charge is 2.19. The molecule has 1 atom stereocenters. The normalized spacial score (nSPS) is 14.5. The van der Waals surface area contributed by atoms with Gasteiger partial charge in [0.05, 0.1) is 19.1 Å². The van der Waals surface area contributed by atoms with Gasteiger partial charge in [0.15, 0.2) is 0 Å². The molecular weight excluding hydrogens is 234 g/mol. The lowest BCUT2D eigenvalue weighted by Crippen LogP contribution is -2.28. The molecule has 0 saturated carbocycles. The third kappa shape index (κ3) is 2.80. The number of carbonyl (C=O) groups is 2. The Labute approximate surface area is 105 Å². The molecule has 1 heterocycles. The Morgan fingerprint density at radius 2 is 2.28 bits per heavy atom. The van der Waals surface area contributed by atoms with Crippen molar-refractivity contribution in [3.8, 4) is 5.75 Å². The van der Waals surface area contributed by atoms with Crippen LogP contribution in [-0.4, -0.2) is 23.6 Å². The van der Waals surface area contributed by atoms with E-state index in [1.165, 1.54) is 6.92 Å². The van der Waals surface area contributed by atoms with E-state index in [9.17, 15) is 9.59 Å². The number of hydrogen-bond acceptors (Lipinski definition) is 3. The summed E-state index contributed by atoms with van der Waals surface area (Å²) in [4.78, 5) is 21.9. The summed E-state index contributed by atoms with van der Waals surface area (Å²) in [7, 11) is 0. The van der Waals surface area contributed by atoms with Crippen LogP contribution in [0.4, 0.5) is 0 Å². The molecule has 96 valence electrons. The van der Waals surface area contributed by atoms with Crippen molar-refractivity contribution in [2.24, 2.45) is 0 Å². The number of hydrogen-bond donors (Lipinski definition) is 2. The highest BCUT2D eigenvalue weighted by atomic mass is 16.5. The van der Waals surface area contributed by atoms with Gasteiger partial charge >= 0.3 is 5.97 Å². The standard InChI is InChI=1S/C13H15NO4/c1-8(15)14-11(7-13(16)17)9-2-3-12-10(6-9)4-5-18-12/h2-3,6,11H,4-5,7H2,1H3,(H,14,15)(H,16,17)/t11-/m1/s1. The molecule has 1 aliphatic rings. The first kappa shape index (κ1) is 12.4. The molecule has 0 spiro atoms. The van der Waals surface area contributed by atoms with Gasteiger partial charge < -0.3 is 15.2 Å². The molecule has 0 bridgehead atoms. The van der Waals surface area contributed by atoms with E-state index in [-0.39, 0.29) is 12.3 Å². The van der Waals surface area contributed by atoms with Gasteiger partial charge in [-0.3, -0.25) is 9.59 Å². The van der Waals surface area contributed by atoms with Gasteiger partial charge in [-0.25, -0.2) is 0 Å². The Bertz CT molecular complexity index is 468. The monoisotopic (exact) mass is 249 g/mol. The molecule has 0 radical (unpaired) electrons. The van der Waals surface area contributed by atoms with E-state index in [2.05, 4.69) is 5.32 Å². The first-order chi connectivity index (χ1) is 8.56. The van der Waals surface area contributed by atoms with E-state index < -0.39 is 12.0 Å². The number of fused-ring (bicyclic) bond motifs is 1. The van der Waals surface area contributed by atoms with Crippen molar-refractivity contribution in [2.45, 2.75) is 25.8 Å². The van der Waals surface area contributed by atoms with Gasteiger partial charge in [0, 0.05) is 13.3 Å². The molecule has 5 nitrogen and oxygen atoms in total. The Morgan fingerprint density at radius 1 is 1.50 bits per heavy atom. The molecule has 0 aromatic heterocycles. The molecule has 1 aromatic carbocycles. The number of carboxylic acid groups (broad SMARTS) is 1. The van der Waals surface area contributed by atoms with Gasteiger partial charge in [0.25, 0.3) is 0 Å². The third-order valence-electron chi connectivity index (χ3n) is 2.87. The Kier molecular flexibility index (Phi) is 3.50. The van der Waals surface area contributed by atoms with Gasteiger partial charge in [-0.15, -0.1) is 0 Å². The van der Waals surface area contributed by atoms with Crippen LogP contribution in [-0.2, 0) is 16.0 Å². The fourth-order valence-electron chi connectivity index (χ4n) is 2.10. The first-order valence-corrected chi connectivity index (χ1v) is 5.81. The van der Waals surface area contributed by atoms with Crippen LogP contribution in [0.5, 0.6) is 5.75 Å². The van der Waals surface area contributed by atoms with Crippen molar-refractivity contribution < 1.29 is 19.4 Å². The van der Waals surface area contributed by atoms with E-state index in [1.54, 1.807) is 6.07 Å². The minimum Gasteiger partial charge on any atom is -0.493 e. The summed E-state index contributed by atoms with van der Waals surface area (Å²) in [5.41, 5.74) is 1.87. The van der Waals surface area contributed by atoms with Crippen molar-refractivity contribution in [1.29, 1.82) is 0 Å². The van der Waals surface area contributed by atoms with Crippen molar-refractivity contribution in [3.05, 3.63) is 29.3 Å². The zero-order valence-electron chi connectivity index (χ0n) is 10.1. The molecule has 2 N–H and O–H groups in total. The fraction of sp³-hybridized carbons (Fsp3) is 0.385. The van der Waals surface area contributed by atoms with Gasteiger partial charge in [-0.05, 0) is 23.3 Å². The Balaban J connectivity index is 2.24. The number of carboxylic acids is 1. The molecule has 5 heteroatoms. The summed E-state index contributed by atoms with van der Waals surface area (Å²) in [6.45, 7) is 2.04. The van der Waals surface area contributed by atoms with Crippen LogP contribution >= 0.6 is 0 Å².